The third-order valence-electron chi connectivity index (χ3n) is 2.38. The third kappa shape index (κ3) is 4.42. The zero-order valence-electron chi connectivity index (χ0n) is 10.8. The van der Waals surface area contributed by atoms with Crippen molar-refractivity contribution in [3.8, 4) is 0 Å². The Labute approximate surface area is 112 Å². The molecule has 0 aromatic heterocycles. The molecule has 6 N–H and O–H groups in total. The Morgan fingerprint density at radius 3 is 2.53 bits per heavy atom. The van der Waals surface area contributed by atoms with E-state index in [1.54, 1.807) is 6.92 Å². The number of sulfonamides is 1. The van der Waals surface area contributed by atoms with Crippen LogP contribution in [0.3, 0.4) is 0 Å². The van der Waals surface area contributed by atoms with Crippen LogP contribution in [0.4, 0.5) is 11.4 Å². The number of nitrogens with one attached hydrogen (secondary N) is 2. The Morgan fingerprint density at radius 1 is 1.37 bits per heavy atom. The quantitative estimate of drug-likeness (QED) is 0.560. The fraction of sp³-hybridized carbons (Fsp3) is 0.364. The van der Waals surface area contributed by atoms with Crippen LogP contribution in [0.5, 0.6) is 0 Å². The van der Waals surface area contributed by atoms with Gasteiger partial charge in [0.25, 0.3) is 0 Å². The molecule has 106 valence electrons. The number of amides is 1. The Morgan fingerprint density at radius 2 is 2.00 bits per heavy atom. The van der Waals surface area contributed by atoms with Gasteiger partial charge in [0, 0.05) is 17.9 Å². The van der Waals surface area contributed by atoms with Crippen molar-refractivity contribution >= 4 is 27.3 Å². The van der Waals surface area contributed by atoms with Gasteiger partial charge in [0.1, 0.15) is 6.04 Å². The highest BCUT2D eigenvalue weighted by molar-refractivity contribution is 7.89. The van der Waals surface area contributed by atoms with Gasteiger partial charge in [0.15, 0.2) is 0 Å². The fourth-order valence-corrected chi connectivity index (χ4v) is 2.10. The molecule has 0 radical (unpaired) electrons. The van der Waals surface area contributed by atoms with Crippen molar-refractivity contribution in [3.63, 3.8) is 0 Å². The van der Waals surface area contributed by atoms with E-state index in [0.717, 1.165) is 0 Å². The minimum absolute atomic E-state index is 0.0990. The van der Waals surface area contributed by atoms with Crippen LogP contribution < -0.4 is 21.5 Å². The van der Waals surface area contributed by atoms with E-state index in [4.69, 9.17) is 10.9 Å². The molecule has 1 aromatic carbocycles. The van der Waals surface area contributed by atoms with Crippen molar-refractivity contribution in [2.75, 3.05) is 17.6 Å². The van der Waals surface area contributed by atoms with Crippen LogP contribution in [0.15, 0.2) is 23.1 Å². The highest BCUT2D eigenvalue weighted by Gasteiger charge is 2.14. The predicted molar refractivity (Wildman–Crippen MR) is 74.0 cm³/mol. The highest BCUT2D eigenvalue weighted by Crippen LogP contribution is 2.20. The second kappa shape index (κ2) is 5.89. The first-order valence-corrected chi connectivity index (χ1v) is 7.26. The number of primary sulfonamides is 1. The summed E-state index contributed by atoms with van der Waals surface area (Å²) in [6.45, 7) is 3.99. The van der Waals surface area contributed by atoms with Crippen LogP contribution in [0.1, 0.15) is 13.8 Å². The van der Waals surface area contributed by atoms with Gasteiger partial charge in [-0.25, -0.2) is 13.6 Å². The second-order valence-corrected chi connectivity index (χ2v) is 5.66. The number of nitrogen functional groups attached to an aromatic ring is 1. The lowest BCUT2D eigenvalue weighted by atomic mass is 10.2. The number of likely N-dealkylation sites (N-methyl/N-ethyl adjacent to an activating group) is 1. The molecule has 0 aliphatic rings. The summed E-state index contributed by atoms with van der Waals surface area (Å²) < 4.78 is 22.5. The zero-order chi connectivity index (χ0) is 14.6. The van der Waals surface area contributed by atoms with Gasteiger partial charge >= 0.3 is 0 Å². The second-order valence-electron chi connectivity index (χ2n) is 4.10. The molecule has 1 amide bonds. The predicted octanol–water partition coefficient (Wildman–Crippen LogP) is -0.147. The Hall–Kier alpha value is -1.80. The smallest absolute Gasteiger partial charge is 0.242 e. The zero-order valence-corrected chi connectivity index (χ0v) is 11.6. The third-order valence-corrected chi connectivity index (χ3v) is 3.28. The molecule has 1 rings (SSSR count). The van der Waals surface area contributed by atoms with Crippen LogP contribution >= 0.6 is 0 Å². The summed E-state index contributed by atoms with van der Waals surface area (Å²) in [7, 11) is -3.83. The fourth-order valence-electron chi connectivity index (χ4n) is 1.51. The Bertz CT molecular complexity index is 571. The first-order valence-electron chi connectivity index (χ1n) is 5.71. The number of nitrogens with two attached hydrogens (primary N) is 2. The number of carbonyl (C=O) groups is 1. The van der Waals surface area contributed by atoms with Gasteiger partial charge in [-0.3, -0.25) is 4.79 Å². The molecule has 0 aliphatic carbocycles. The van der Waals surface area contributed by atoms with Crippen LogP contribution in [0.2, 0.25) is 0 Å². The maximum absolute atomic E-state index is 11.6. The SMILES string of the molecule is CCNC(=O)C(C)Nc1cc(N)cc(S(N)(=O)=O)c1. The number of rotatable bonds is 5. The average molecular weight is 286 g/mol. The van der Waals surface area contributed by atoms with E-state index in [2.05, 4.69) is 10.6 Å². The van der Waals surface area contributed by atoms with Crippen molar-refractivity contribution in [1.82, 2.24) is 5.32 Å². The van der Waals surface area contributed by atoms with Gasteiger partial charge in [-0.1, -0.05) is 0 Å². The molecule has 0 fully saturated rings. The number of benzene rings is 1. The summed E-state index contributed by atoms with van der Waals surface area (Å²) in [5.41, 5.74) is 6.27. The van der Waals surface area contributed by atoms with E-state index in [1.165, 1.54) is 18.2 Å². The van der Waals surface area contributed by atoms with Gasteiger partial charge in [-0.05, 0) is 32.0 Å². The summed E-state index contributed by atoms with van der Waals surface area (Å²) in [4.78, 5) is 11.5. The van der Waals surface area contributed by atoms with Gasteiger partial charge in [-0.15, -0.1) is 0 Å². The monoisotopic (exact) mass is 286 g/mol. The molecule has 8 heteroatoms. The summed E-state index contributed by atoms with van der Waals surface area (Å²) in [6.07, 6.45) is 0. The molecule has 1 aromatic rings. The summed E-state index contributed by atoms with van der Waals surface area (Å²) in [5.74, 6) is -0.193. The standard InChI is InChI=1S/C11H18N4O3S/c1-3-14-11(16)7(2)15-9-4-8(12)5-10(6-9)19(13,17)18/h4-7,15H,3,12H2,1-2H3,(H,14,16)(H2,13,17,18). The molecule has 0 bridgehead atoms. The van der Waals surface area contributed by atoms with E-state index in [0.29, 0.717) is 12.2 Å². The average Bonchev–Trinajstić information content (AvgIpc) is 2.27. The summed E-state index contributed by atoms with van der Waals surface area (Å²) >= 11 is 0. The van der Waals surface area contributed by atoms with E-state index in [1.807, 2.05) is 6.92 Å². The Kier molecular flexibility index (Phi) is 4.73. The van der Waals surface area contributed by atoms with Gasteiger partial charge in [0.2, 0.25) is 15.9 Å². The van der Waals surface area contributed by atoms with Crippen molar-refractivity contribution in [2.45, 2.75) is 24.8 Å². The van der Waals surface area contributed by atoms with Crippen molar-refractivity contribution in [3.05, 3.63) is 18.2 Å². The van der Waals surface area contributed by atoms with E-state index < -0.39 is 16.1 Å². The molecule has 0 aliphatic heterocycles. The van der Waals surface area contributed by atoms with Crippen LogP contribution in [0, 0.1) is 0 Å². The van der Waals surface area contributed by atoms with Crippen LogP contribution in [0.25, 0.3) is 0 Å². The molecule has 0 spiro atoms. The molecular formula is C11H18N4O3S. The molecule has 0 saturated carbocycles. The molecular weight excluding hydrogens is 268 g/mol. The minimum atomic E-state index is -3.83. The van der Waals surface area contributed by atoms with Gasteiger partial charge in [-0.2, -0.15) is 0 Å². The van der Waals surface area contributed by atoms with Crippen molar-refractivity contribution < 1.29 is 13.2 Å². The number of anilines is 2. The van der Waals surface area contributed by atoms with Gasteiger partial charge in [0.05, 0.1) is 4.90 Å². The molecule has 19 heavy (non-hydrogen) atoms. The van der Waals surface area contributed by atoms with Gasteiger partial charge < -0.3 is 16.4 Å². The minimum Gasteiger partial charge on any atom is -0.399 e. The van der Waals surface area contributed by atoms with Crippen LogP contribution in [-0.4, -0.2) is 26.9 Å². The van der Waals surface area contributed by atoms with Crippen LogP contribution in [-0.2, 0) is 14.8 Å². The maximum atomic E-state index is 11.6. The van der Waals surface area contributed by atoms with E-state index in [9.17, 15) is 13.2 Å². The summed E-state index contributed by atoms with van der Waals surface area (Å²) in [6, 6.07) is 3.61. The molecule has 1 atom stereocenters. The first kappa shape index (κ1) is 15.3. The van der Waals surface area contributed by atoms with E-state index >= 15 is 0 Å². The molecule has 0 saturated heterocycles. The number of hydrogen-bond donors (Lipinski definition) is 4. The van der Waals surface area contributed by atoms with Crippen molar-refractivity contribution in [2.24, 2.45) is 5.14 Å². The number of carbonyl (C=O) groups excluding carboxylic acids is 1. The first-order chi connectivity index (χ1) is 8.74. The lowest BCUT2D eigenvalue weighted by Crippen LogP contribution is -2.37. The lowest BCUT2D eigenvalue weighted by Gasteiger charge is -2.15. The lowest BCUT2D eigenvalue weighted by molar-refractivity contribution is -0.121. The number of hydrogen-bond acceptors (Lipinski definition) is 5. The molecule has 1 unspecified atom stereocenters. The Balaban J connectivity index is 2.96. The van der Waals surface area contributed by atoms with E-state index in [-0.39, 0.29) is 16.5 Å². The maximum Gasteiger partial charge on any atom is 0.242 e. The summed E-state index contributed by atoms with van der Waals surface area (Å²) in [5, 5.41) is 10.6. The normalized spacial score (nSPS) is 12.8. The van der Waals surface area contributed by atoms with Crippen molar-refractivity contribution in [1.29, 1.82) is 0 Å². The molecule has 7 nitrogen and oxygen atoms in total. The molecule has 0 heterocycles. The highest BCUT2D eigenvalue weighted by atomic mass is 32.2. The topological polar surface area (TPSA) is 127 Å². The largest absolute Gasteiger partial charge is 0.399 e.